The Morgan fingerprint density at radius 1 is 0.897 bits per heavy atom. The van der Waals surface area contributed by atoms with Crippen molar-refractivity contribution in [2.45, 2.75) is 55.2 Å². The van der Waals surface area contributed by atoms with Crippen LogP contribution in [0.4, 0.5) is 0 Å². The van der Waals surface area contributed by atoms with Crippen LogP contribution < -0.4 is 4.74 Å². The Labute approximate surface area is 233 Å². The predicted molar refractivity (Wildman–Crippen MR) is 147 cm³/mol. The second kappa shape index (κ2) is 12.8. The molecule has 0 saturated carbocycles. The highest BCUT2D eigenvalue weighted by Gasteiger charge is 2.45. The topological polar surface area (TPSA) is 134 Å². The van der Waals surface area contributed by atoms with Crippen molar-refractivity contribution in [1.29, 1.82) is 0 Å². The summed E-state index contributed by atoms with van der Waals surface area (Å²) in [6.45, 7) is 2.42. The Hall–Kier alpha value is -2.50. The average molecular weight is 577 g/mol. The molecule has 0 aliphatic carbocycles. The highest BCUT2D eigenvalue weighted by Crippen LogP contribution is 2.35. The van der Waals surface area contributed by atoms with Crippen molar-refractivity contribution in [1.82, 2.24) is 0 Å². The predicted octanol–water partition coefficient (Wildman–Crippen LogP) is 2.86. The van der Waals surface area contributed by atoms with Crippen LogP contribution in [-0.4, -0.2) is 72.2 Å². The molecule has 0 radical (unpaired) electrons. The van der Waals surface area contributed by atoms with Gasteiger partial charge in [0.2, 0.25) is 0 Å². The number of aliphatic hydroxyl groups is 4. The van der Waals surface area contributed by atoms with E-state index in [4.69, 9.17) is 26.2 Å². The standard InChI is InChI=1S/C29H33ClO8S/c1-2-37-22-8-3-19(4-9-22)15-21-16-20(7-12-24(21)30)29-28(34)27(33)26(32)25(38-29)17-39(35,36)23-10-5-18(6-11-23)13-14-31/h3-12,16,25-29,31-34H,2,13-15,17H2,1H3. The number of rotatable bonds is 10. The van der Waals surface area contributed by atoms with Crippen LogP contribution in [0.5, 0.6) is 5.75 Å². The van der Waals surface area contributed by atoms with E-state index < -0.39 is 46.1 Å². The largest absolute Gasteiger partial charge is 0.494 e. The third kappa shape index (κ3) is 6.99. The summed E-state index contributed by atoms with van der Waals surface area (Å²) in [6, 6.07) is 18.7. The summed E-state index contributed by atoms with van der Waals surface area (Å²) < 4.78 is 37.6. The zero-order valence-electron chi connectivity index (χ0n) is 21.5. The van der Waals surface area contributed by atoms with Gasteiger partial charge < -0.3 is 29.9 Å². The lowest BCUT2D eigenvalue weighted by atomic mass is 9.90. The molecule has 5 unspecified atom stereocenters. The van der Waals surface area contributed by atoms with E-state index in [1.807, 2.05) is 31.2 Å². The molecule has 3 aromatic carbocycles. The molecule has 1 saturated heterocycles. The average Bonchev–Trinajstić information content (AvgIpc) is 2.92. The Bertz CT molecular complexity index is 1340. The van der Waals surface area contributed by atoms with E-state index in [0.29, 0.717) is 30.0 Å². The SMILES string of the molecule is CCOc1ccc(Cc2cc(C3OC(CS(=O)(=O)c4ccc(CCO)cc4)C(O)C(O)C3O)ccc2Cl)cc1. The highest BCUT2D eigenvalue weighted by molar-refractivity contribution is 7.91. The first-order valence-corrected chi connectivity index (χ1v) is 14.8. The van der Waals surface area contributed by atoms with Gasteiger partial charge in [-0.05, 0) is 72.4 Å². The molecular weight excluding hydrogens is 544 g/mol. The van der Waals surface area contributed by atoms with Crippen molar-refractivity contribution in [3.63, 3.8) is 0 Å². The molecule has 1 fully saturated rings. The third-order valence-corrected chi connectivity index (χ3v) is 8.93. The monoisotopic (exact) mass is 576 g/mol. The van der Waals surface area contributed by atoms with E-state index in [2.05, 4.69) is 0 Å². The Balaban J connectivity index is 1.54. The lowest BCUT2D eigenvalue weighted by Crippen LogP contribution is -2.56. The van der Waals surface area contributed by atoms with Gasteiger partial charge in [0.25, 0.3) is 0 Å². The van der Waals surface area contributed by atoms with E-state index in [1.165, 1.54) is 12.1 Å². The first-order chi connectivity index (χ1) is 18.6. The second-order valence-electron chi connectivity index (χ2n) is 9.57. The van der Waals surface area contributed by atoms with Crippen LogP contribution in [0.25, 0.3) is 0 Å². The molecule has 1 aliphatic heterocycles. The molecule has 0 aromatic heterocycles. The van der Waals surface area contributed by atoms with Crippen molar-refractivity contribution in [2.75, 3.05) is 19.0 Å². The number of hydrogen-bond acceptors (Lipinski definition) is 8. The minimum absolute atomic E-state index is 0.0290. The number of ether oxygens (including phenoxy) is 2. The normalized spacial score (nSPS) is 23.5. The van der Waals surface area contributed by atoms with Crippen LogP contribution in [0.2, 0.25) is 5.02 Å². The number of hydrogen-bond donors (Lipinski definition) is 4. The number of benzene rings is 3. The molecule has 1 heterocycles. The molecule has 4 rings (SSSR count). The van der Waals surface area contributed by atoms with Crippen molar-refractivity contribution >= 4 is 21.4 Å². The van der Waals surface area contributed by atoms with E-state index in [-0.39, 0.29) is 11.5 Å². The summed E-state index contributed by atoms with van der Waals surface area (Å²) in [4.78, 5) is 0.0290. The molecule has 10 heteroatoms. The van der Waals surface area contributed by atoms with Crippen LogP contribution in [0.3, 0.4) is 0 Å². The van der Waals surface area contributed by atoms with Gasteiger partial charge in [-0.3, -0.25) is 0 Å². The number of sulfone groups is 1. The number of aliphatic hydroxyl groups excluding tert-OH is 4. The van der Waals surface area contributed by atoms with Gasteiger partial charge >= 0.3 is 0 Å². The minimum Gasteiger partial charge on any atom is -0.494 e. The maximum atomic E-state index is 13.1. The minimum atomic E-state index is -3.91. The molecule has 39 heavy (non-hydrogen) atoms. The van der Waals surface area contributed by atoms with Crippen LogP contribution in [0.1, 0.15) is 35.3 Å². The Morgan fingerprint density at radius 3 is 2.21 bits per heavy atom. The summed E-state index contributed by atoms with van der Waals surface area (Å²) in [6.07, 6.45) is -6.23. The van der Waals surface area contributed by atoms with Gasteiger partial charge in [0.05, 0.1) is 17.3 Å². The van der Waals surface area contributed by atoms with E-state index in [0.717, 1.165) is 22.4 Å². The molecule has 3 aromatic rings. The molecule has 8 nitrogen and oxygen atoms in total. The molecule has 0 bridgehead atoms. The molecular formula is C29H33ClO8S. The molecule has 0 amide bonds. The first-order valence-electron chi connectivity index (χ1n) is 12.7. The van der Waals surface area contributed by atoms with Crippen molar-refractivity contribution in [2.24, 2.45) is 0 Å². The smallest absolute Gasteiger partial charge is 0.181 e. The lowest BCUT2D eigenvalue weighted by Gasteiger charge is -2.41. The van der Waals surface area contributed by atoms with E-state index >= 15 is 0 Å². The fourth-order valence-corrected chi connectivity index (χ4v) is 6.30. The van der Waals surface area contributed by atoms with Crippen molar-refractivity contribution in [3.05, 3.63) is 94.0 Å². The molecule has 1 aliphatic rings. The van der Waals surface area contributed by atoms with Gasteiger partial charge in [-0.15, -0.1) is 0 Å². The molecule has 210 valence electrons. The van der Waals surface area contributed by atoms with Crippen LogP contribution in [-0.2, 0) is 27.4 Å². The quantitative estimate of drug-likeness (QED) is 0.289. The third-order valence-electron chi connectivity index (χ3n) is 6.81. The van der Waals surface area contributed by atoms with E-state index in [9.17, 15) is 23.7 Å². The number of halogens is 1. The van der Waals surface area contributed by atoms with Gasteiger partial charge in [-0.2, -0.15) is 0 Å². The Morgan fingerprint density at radius 2 is 1.56 bits per heavy atom. The maximum Gasteiger partial charge on any atom is 0.181 e. The second-order valence-corrected chi connectivity index (χ2v) is 12.0. The Kier molecular flexibility index (Phi) is 9.66. The first kappa shape index (κ1) is 29.5. The fourth-order valence-electron chi connectivity index (χ4n) is 4.67. The van der Waals surface area contributed by atoms with Gasteiger partial charge in [0, 0.05) is 11.6 Å². The summed E-state index contributed by atoms with van der Waals surface area (Å²) in [5, 5.41) is 41.5. The van der Waals surface area contributed by atoms with Crippen LogP contribution >= 0.6 is 11.6 Å². The molecule has 5 atom stereocenters. The maximum absolute atomic E-state index is 13.1. The summed E-state index contributed by atoms with van der Waals surface area (Å²) in [5.74, 6) is 0.162. The van der Waals surface area contributed by atoms with Gasteiger partial charge in [-0.25, -0.2) is 8.42 Å². The van der Waals surface area contributed by atoms with Crippen LogP contribution in [0.15, 0.2) is 71.6 Å². The zero-order valence-corrected chi connectivity index (χ0v) is 23.1. The highest BCUT2D eigenvalue weighted by atomic mass is 35.5. The van der Waals surface area contributed by atoms with Crippen LogP contribution in [0, 0.1) is 0 Å². The van der Waals surface area contributed by atoms with Gasteiger partial charge in [-0.1, -0.05) is 48.0 Å². The summed E-state index contributed by atoms with van der Waals surface area (Å²) in [7, 11) is -3.91. The van der Waals surface area contributed by atoms with Crippen molar-refractivity contribution in [3.8, 4) is 5.75 Å². The van der Waals surface area contributed by atoms with E-state index in [1.54, 1.807) is 30.3 Å². The summed E-state index contributed by atoms with van der Waals surface area (Å²) in [5.41, 5.74) is 3.01. The molecule has 4 N–H and O–H groups in total. The molecule has 0 spiro atoms. The fraction of sp³-hybridized carbons (Fsp3) is 0.379. The van der Waals surface area contributed by atoms with Gasteiger partial charge in [0.15, 0.2) is 9.84 Å². The van der Waals surface area contributed by atoms with Crippen molar-refractivity contribution < 1.29 is 38.3 Å². The van der Waals surface area contributed by atoms with Gasteiger partial charge in [0.1, 0.15) is 36.3 Å². The lowest BCUT2D eigenvalue weighted by molar-refractivity contribution is -0.218. The zero-order chi connectivity index (χ0) is 28.2. The summed E-state index contributed by atoms with van der Waals surface area (Å²) >= 11 is 6.46.